The first-order valence-corrected chi connectivity index (χ1v) is 11.5. The Bertz CT molecular complexity index is 1170. The summed E-state index contributed by atoms with van der Waals surface area (Å²) < 4.78 is 26.4. The van der Waals surface area contributed by atoms with Crippen molar-refractivity contribution in [3.05, 3.63) is 54.4 Å². The lowest BCUT2D eigenvalue weighted by Crippen LogP contribution is -2.49. The van der Waals surface area contributed by atoms with Crippen LogP contribution in [0.1, 0.15) is 10.5 Å². The molecule has 12 heteroatoms. The van der Waals surface area contributed by atoms with Crippen LogP contribution in [0, 0.1) is 0 Å². The Morgan fingerprint density at radius 1 is 1.06 bits per heavy atom. The summed E-state index contributed by atoms with van der Waals surface area (Å²) in [5.74, 6) is 0.731. The molecule has 31 heavy (non-hydrogen) atoms. The topological polar surface area (TPSA) is 139 Å². The second kappa shape index (κ2) is 8.22. The van der Waals surface area contributed by atoms with Crippen molar-refractivity contribution in [2.75, 3.05) is 47.8 Å². The molecular formula is C19H22N8O3S. The van der Waals surface area contributed by atoms with Gasteiger partial charge in [-0.1, -0.05) is 11.3 Å². The quantitative estimate of drug-likeness (QED) is 0.585. The largest absolute Gasteiger partial charge is 0.382 e. The Morgan fingerprint density at radius 3 is 2.39 bits per heavy atom. The molecule has 1 aliphatic heterocycles. The molecule has 1 aromatic carbocycles. The lowest BCUT2D eigenvalue weighted by molar-refractivity contribution is 0.0741. The zero-order valence-corrected chi connectivity index (χ0v) is 17.7. The summed E-state index contributed by atoms with van der Waals surface area (Å²) in [6, 6.07) is 12.2. The number of benzene rings is 1. The van der Waals surface area contributed by atoms with Crippen LogP contribution in [0.4, 0.5) is 17.3 Å². The van der Waals surface area contributed by atoms with Gasteiger partial charge in [0.05, 0.1) is 11.9 Å². The van der Waals surface area contributed by atoms with Gasteiger partial charge < -0.3 is 15.5 Å². The van der Waals surface area contributed by atoms with Gasteiger partial charge in [0.25, 0.3) is 5.91 Å². The molecule has 0 aliphatic carbocycles. The van der Waals surface area contributed by atoms with E-state index in [1.54, 1.807) is 35.4 Å². The normalized spacial score (nSPS) is 14.5. The van der Waals surface area contributed by atoms with Crippen LogP contribution in [0.15, 0.2) is 48.7 Å². The fraction of sp³-hybridized carbons (Fsp3) is 0.263. The van der Waals surface area contributed by atoms with E-state index >= 15 is 0 Å². The number of hydrogen-bond donors (Lipinski definition) is 2. The van der Waals surface area contributed by atoms with Crippen LogP contribution in [0.2, 0.25) is 0 Å². The lowest BCUT2D eigenvalue weighted by Gasteiger charge is -2.35. The maximum absolute atomic E-state index is 12.9. The Morgan fingerprint density at radius 2 is 1.77 bits per heavy atom. The molecule has 3 heterocycles. The Hall–Kier alpha value is -3.67. The van der Waals surface area contributed by atoms with Crippen LogP contribution in [0.3, 0.4) is 0 Å². The zero-order valence-electron chi connectivity index (χ0n) is 16.8. The summed E-state index contributed by atoms with van der Waals surface area (Å²) >= 11 is 0. The van der Waals surface area contributed by atoms with Gasteiger partial charge in [0.1, 0.15) is 5.82 Å². The van der Waals surface area contributed by atoms with Crippen molar-refractivity contribution >= 4 is 33.3 Å². The number of anilines is 3. The molecular weight excluding hydrogens is 420 g/mol. The van der Waals surface area contributed by atoms with Crippen molar-refractivity contribution in [1.82, 2.24) is 24.9 Å². The van der Waals surface area contributed by atoms with E-state index in [4.69, 9.17) is 5.73 Å². The highest BCUT2D eigenvalue weighted by molar-refractivity contribution is 7.92. The molecule has 2 aromatic heterocycles. The van der Waals surface area contributed by atoms with Crippen LogP contribution in [0.5, 0.6) is 0 Å². The number of nitrogens with zero attached hydrogens (tertiary/aromatic N) is 6. The van der Waals surface area contributed by atoms with Gasteiger partial charge in [-0.25, -0.2) is 13.4 Å². The van der Waals surface area contributed by atoms with E-state index in [0.29, 0.717) is 37.6 Å². The Kier molecular flexibility index (Phi) is 5.46. The number of piperazine rings is 1. The average molecular weight is 443 g/mol. The molecule has 0 atom stereocenters. The van der Waals surface area contributed by atoms with E-state index < -0.39 is 10.0 Å². The number of pyridine rings is 1. The van der Waals surface area contributed by atoms with Crippen molar-refractivity contribution in [2.45, 2.75) is 0 Å². The van der Waals surface area contributed by atoms with Crippen molar-refractivity contribution < 1.29 is 13.2 Å². The fourth-order valence-corrected chi connectivity index (χ4v) is 3.91. The summed E-state index contributed by atoms with van der Waals surface area (Å²) in [6.07, 6.45) is 2.82. The van der Waals surface area contributed by atoms with E-state index in [9.17, 15) is 13.2 Å². The van der Waals surface area contributed by atoms with Gasteiger partial charge >= 0.3 is 0 Å². The lowest BCUT2D eigenvalue weighted by atomic mass is 10.2. The summed E-state index contributed by atoms with van der Waals surface area (Å²) in [5.41, 5.74) is 7.21. The summed E-state index contributed by atoms with van der Waals surface area (Å²) in [5, 5.41) is 7.99. The minimum atomic E-state index is -3.37. The molecule has 162 valence electrons. The maximum atomic E-state index is 12.9. The first-order valence-electron chi connectivity index (χ1n) is 9.56. The molecule has 3 N–H and O–H groups in total. The molecule has 0 spiro atoms. The smallest absolute Gasteiger partial charge is 0.278 e. The fourth-order valence-electron chi connectivity index (χ4n) is 3.35. The molecule has 0 bridgehead atoms. The van der Waals surface area contributed by atoms with Crippen molar-refractivity contribution in [3.63, 3.8) is 0 Å². The predicted octanol–water partition coefficient (Wildman–Crippen LogP) is 0.578. The molecule has 0 unspecified atom stereocenters. The number of sulfonamides is 1. The third kappa shape index (κ3) is 4.58. The predicted molar refractivity (Wildman–Crippen MR) is 117 cm³/mol. The number of hydrogen-bond acceptors (Lipinski definition) is 8. The number of nitrogens with two attached hydrogens (primary N) is 1. The third-order valence-electron chi connectivity index (χ3n) is 4.86. The molecule has 0 saturated carbocycles. The van der Waals surface area contributed by atoms with Gasteiger partial charge in [-0.3, -0.25) is 9.52 Å². The molecule has 11 nitrogen and oxygen atoms in total. The van der Waals surface area contributed by atoms with E-state index in [1.807, 2.05) is 18.2 Å². The number of nitrogens with one attached hydrogen (secondary N) is 1. The maximum Gasteiger partial charge on any atom is 0.278 e. The first-order chi connectivity index (χ1) is 14.8. The van der Waals surface area contributed by atoms with Gasteiger partial charge in [-0.2, -0.15) is 4.68 Å². The third-order valence-corrected chi connectivity index (χ3v) is 5.47. The van der Waals surface area contributed by atoms with E-state index in [2.05, 4.69) is 24.9 Å². The second-order valence-corrected chi connectivity index (χ2v) is 8.87. The zero-order chi connectivity index (χ0) is 22.0. The minimum absolute atomic E-state index is 0.0876. The first kappa shape index (κ1) is 20.6. The highest BCUT2D eigenvalue weighted by Crippen LogP contribution is 2.20. The highest BCUT2D eigenvalue weighted by atomic mass is 32.2. The minimum Gasteiger partial charge on any atom is -0.382 e. The number of rotatable bonds is 5. The van der Waals surface area contributed by atoms with Crippen LogP contribution < -0.4 is 15.4 Å². The van der Waals surface area contributed by atoms with Crippen LogP contribution >= 0.6 is 0 Å². The van der Waals surface area contributed by atoms with Gasteiger partial charge in [-0.05, 0) is 36.4 Å². The number of aromatic nitrogens is 4. The van der Waals surface area contributed by atoms with Crippen molar-refractivity contribution in [3.8, 4) is 5.69 Å². The van der Waals surface area contributed by atoms with Crippen molar-refractivity contribution in [1.29, 1.82) is 0 Å². The number of nitrogen functional groups attached to an aromatic ring is 1. The van der Waals surface area contributed by atoms with E-state index in [0.717, 1.165) is 12.1 Å². The van der Waals surface area contributed by atoms with Gasteiger partial charge in [0.15, 0.2) is 11.5 Å². The second-order valence-electron chi connectivity index (χ2n) is 7.12. The van der Waals surface area contributed by atoms with Crippen molar-refractivity contribution in [2.24, 2.45) is 0 Å². The van der Waals surface area contributed by atoms with Gasteiger partial charge in [-0.15, -0.1) is 5.10 Å². The Labute approximate surface area is 179 Å². The number of carbonyl (C=O) groups excluding carboxylic acids is 1. The summed E-state index contributed by atoms with van der Waals surface area (Å²) in [6.45, 7) is 2.36. The van der Waals surface area contributed by atoms with E-state index in [1.165, 1.54) is 4.68 Å². The molecule has 1 fully saturated rings. The monoisotopic (exact) mass is 442 g/mol. The highest BCUT2D eigenvalue weighted by Gasteiger charge is 2.27. The van der Waals surface area contributed by atoms with Crippen LogP contribution in [-0.4, -0.2) is 71.6 Å². The number of amides is 1. The summed E-state index contributed by atoms with van der Waals surface area (Å²) in [4.78, 5) is 21.1. The Balaban J connectivity index is 1.45. The molecule has 1 saturated heterocycles. The standard InChI is InChI=1S/C19H22N8O3S/c1-31(29,30)23-14-5-7-15(8-6-14)27-18(20)17(22-24-27)19(28)26-12-10-25(11-13-26)16-4-2-3-9-21-16/h2-9,23H,10-13,20H2,1H3. The van der Waals surface area contributed by atoms with Crippen LogP contribution in [-0.2, 0) is 10.0 Å². The van der Waals surface area contributed by atoms with Crippen LogP contribution in [0.25, 0.3) is 5.69 Å². The number of carbonyl (C=O) groups is 1. The molecule has 1 aliphatic rings. The average Bonchev–Trinajstić information content (AvgIpc) is 3.15. The summed E-state index contributed by atoms with van der Waals surface area (Å²) in [7, 11) is -3.37. The van der Waals surface area contributed by atoms with E-state index in [-0.39, 0.29) is 17.4 Å². The van der Waals surface area contributed by atoms with Gasteiger partial charge in [0, 0.05) is 38.1 Å². The molecule has 0 radical (unpaired) electrons. The molecule has 3 aromatic rings. The van der Waals surface area contributed by atoms with Gasteiger partial charge in [0.2, 0.25) is 10.0 Å². The SMILES string of the molecule is CS(=O)(=O)Nc1ccc(-n2nnc(C(=O)N3CCN(c4ccccn4)CC3)c2N)cc1. The molecule has 4 rings (SSSR count). The molecule has 1 amide bonds.